The molecule has 4 heteroatoms. The van der Waals surface area contributed by atoms with Gasteiger partial charge in [-0.05, 0) is 18.2 Å². The first-order valence-electron chi connectivity index (χ1n) is 4.59. The number of nitrogen functional groups attached to an aromatic ring is 1. The molecule has 1 aromatic carbocycles. The van der Waals surface area contributed by atoms with Gasteiger partial charge in [-0.3, -0.25) is 0 Å². The van der Waals surface area contributed by atoms with Crippen LogP contribution in [0.3, 0.4) is 0 Å². The number of methoxy groups -OCH3 is 1. The Bertz CT molecular complexity index is 469. The van der Waals surface area contributed by atoms with Crippen LogP contribution in [-0.4, -0.2) is 19.4 Å². The predicted molar refractivity (Wildman–Crippen MR) is 59.8 cm³/mol. The van der Waals surface area contributed by atoms with Crippen LogP contribution in [0.5, 0.6) is 0 Å². The summed E-state index contributed by atoms with van der Waals surface area (Å²) < 4.78 is 4.57. The van der Waals surface area contributed by atoms with Gasteiger partial charge in [-0.1, -0.05) is 11.8 Å². The summed E-state index contributed by atoms with van der Waals surface area (Å²) in [5, 5.41) is 0. The average Bonchev–Trinajstić information content (AvgIpc) is 2.30. The van der Waals surface area contributed by atoms with E-state index < -0.39 is 5.97 Å². The second-order valence-electron chi connectivity index (χ2n) is 2.97. The van der Waals surface area contributed by atoms with Crippen LogP contribution in [0, 0.1) is 11.8 Å². The van der Waals surface area contributed by atoms with E-state index in [2.05, 4.69) is 16.6 Å². The van der Waals surface area contributed by atoms with Crippen molar-refractivity contribution in [1.29, 1.82) is 0 Å². The molecular formula is C12H11NO3. The van der Waals surface area contributed by atoms with Gasteiger partial charge in [0.15, 0.2) is 0 Å². The number of ether oxygens (including phenoxy) is 1. The topological polar surface area (TPSA) is 69.4 Å². The summed E-state index contributed by atoms with van der Waals surface area (Å²) in [5.74, 6) is 4.89. The van der Waals surface area contributed by atoms with Gasteiger partial charge in [0, 0.05) is 11.3 Å². The fourth-order valence-electron chi connectivity index (χ4n) is 1.12. The monoisotopic (exact) mass is 217 g/mol. The van der Waals surface area contributed by atoms with Crippen molar-refractivity contribution in [1.82, 2.24) is 0 Å². The van der Waals surface area contributed by atoms with Gasteiger partial charge in [0.1, 0.15) is 6.29 Å². The Kier molecular flexibility index (Phi) is 4.10. The predicted octanol–water partition coefficient (Wildman–Crippen LogP) is 0.996. The normalized spacial score (nSPS) is 8.81. The van der Waals surface area contributed by atoms with Crippen LogP contribution in [0.2, 0.25) is 0 Å². The first-order valence-corrected chi connectivity index (χ1v) is 4.59. The van der Waals surface area contributed by atoms with Crippen molar-refractivity contribution in [3.05, 3.63) is 29.3 Å². The lowest BCUT2D eigenvalue weighted by molar-refractivity contribution is -0.107. The lowest BCUT2D eigenvalue weighted by Crippen LogP contribution is -2.05. The number of carbonyl (C=O) groups is 2. The van der Waals surface area contributed by atoms with Gasteiger partial charge in [-0.15, -0.1) is 0 Å². The maximum atomic E-state index is 11.3. The Balaban J connectivity index is 3.04. The minimum Gasteiger partial charge on any atom is -0.465 e. The van der Waals surface area contributed by atoms with Crippen LogP contribution in [-0.2, 0) is 9.53 Å². The molecule has 1 aromatic rings. The number of nitrogens with two attached hydrogens (primary N) is 1. The molecule has 0 spiro atoms. The van der Waals surface area contributed by atoms with Crippen LogP contribution in [0.4, 0.5) is 5.69 Å². The third-order valence-corrected chi connectivity index (χ3v) is 1.88. The van der Waals surface area contributed by atoms with Gasteiger partial charge in [0.05, 0.1) is 19.1 Å². The number of esters is 1. The lowest BCUT2D eigenvalue weighted by Gasteiger charge is -2.03. The molecule has 0 fully saturated rings. The molecule has 16 heavy (non-hydrogen) atoms. The van der Waals surface area contributed by atoms with Gasteiger partial charge < -0.3 is 15.3 Å². The molecule has 2 N–H and O–H groups in total. The van der Waals surface area contributed by atoms with E-state index in [1.54, 1.807) is 18.2 Å². The van der Waals surface area contributed by atoms with E-state index in [0.29, 0.717) is 17.5 Å². The zero-order chi connectivity index (χ0) is 12.0. The maximum Gasteiger partial charge on any atom is 0.339 e. The van der Waals surface area contributed by atoms with Crippen molar-refractivity contribution in [3.63, 3.8) is 0 Å². The Hall–Kier alpha value is -2.28. The molecule has 4 nitrogen and oxygen atoms in total. The third kappa shape index (κ3) is 2.85. The number of hydrogen-bond donors (Lipinski definition) is 1. The van der Waals surface area contributed by atoms with E-state index in [1.807, 2.05) is 0 Å². The molecular weight excluding hydrogens is 206 g/mol. The number of anilines is 1. The average molecular weight is 217 g/mol. The number of carbonyl (C=O) groups excluding carboxylic acids is 2. The van der Waals surface area contributed by atoms with Crippen molar-refractivity contribution < 1.29 is 14.3 Å². The van der Waals surface area contributed by atoms with Crippen molar-refractivity contribution in [2.24, 2.45) is 0 Å². The molecule has 0 saturated carbocycles. The maximum absolute atomic E-state index is 11.3. The minimum absolute atomic E-state index is 0.165. The fourth-order valence-corrected chi connectivity index (χ4v) is 1.12. The molecule has 0 unspecified atom stereocenters. The summed E-state index contributed by atoms with van der Waals surface area (Å²) in [5.41, 5.74) is 6.86. The number of rotatable bonds is 2. The summed E-state index contributed by atoms with van der Waals surface area (Å²) in [6.07, 6.45) is 0.878. The molecule has 0 bridgehead atoms. The highest BCUT2D eigenvalue weighted by Gasteiger charge is 2.09. The summed E-state index contributed by atoms with van der Waals surface area (Å²) >= 11 is 0. The van der Waals surface area contributed by atoms with E-state index in [9.17, 15) is 9.59 Å². The Morgan fingerprint density at radius 2 is 2.31 bits per heavy atom. The van der Waals surface area contributed by atoms with Gasteiger partial charge in [-0.2, -0.15) is 0 Å². The summed E-state index contributed by atoms with van der Waals surface area (Å²) in [7, 11) is 1.28. The van der Waals surface area contributed by atoms with E-state index in [4.69, 9.17) is 5.73 Å². The molecule has 0 radical (unpaired) electrons. The van der Waals surface area contributed by atoms with Crippen LogP contribution >= 0.6 is 0 Å². The minimum atomic E-state index is -0.503. The highest BCUT2D eigenvalue weighted by Crippen LogP contribution is 2.14. The van der Waals surface area contributed by atoms with E-state index in [1.165, 1.54) is 7.11 Å². The molecule has 0 aliphatic rings. The van der Waals surface area contributed by atoms with Crippen LogP contribution in [0.1, 0.15) is 22.3 Å². The van der Waals surface area contributed by atoms with Crippen LogP contribution in [0.25, 0.3) is 0 Å². The lowest BCUT2D eigenvalue weighted by atomic mass is 10.1. The van der Waals surface area contributed by atoms with Crippen LogP contribution in [0.15, 0.2) is 18.2 Å². The smallest absolute Gasteiger partial charge is 0.339 e. The first-order chi connectivity index (χ1) is 7.69. The molecule has 0 amide bonds. The number of hydrogen-bond acceptors (Lipinski definition) is 4. The quantitative estimate of drug-likeness (QED) is 0.347. The number of benzene rings is 1. The first kappa shape index (κ1) is 11.8. The largest absolute Gasteiger partial charge is 0.465 e. The number of aldehydes is 1. The molecule has 82 valence electrons. The Morgan fingerprint density at radius 1 is 1.56 bits per heavy atom. The zero-order valence-corrected chi connectivity index (χ0v) is 8.82. The van der Waals surface area contributed by atoms with Crippen molar-refractivity contribution in [3.8, 4) is 11.8 Å². The Labute approximate surface area is 93.4 Å². The van der Waals surface area contributed by atoms with Crippen LogP contribution < -0.4 is 5.73 Å². The molecule has 0 aliphatic carbocycles. The molecule has 0 atom stereocenters. The highest BCUT2D eigenvalue weighted by molar-refractivity contribution is 5.95. The summed E-state index contributed by atoms with van der Waals surface area (Å²) in [4.78, 5) is 21.4. The van der Waals surface area contributed by atoms with Gasteiger partial charge in [0.2, 0.25) is 0 Å². The second-order valence-corrected chi connectivity index (χ2v) is 2.97. The third-order valence-electron chi connectivity index (χ3n) is 1.88. The molecule has 0 aromatic heterocycles. The van der Waals surface area contributed by atoms with Gasteiger partial charge >= 0.3 is 5.97 Å². The zero-order valence-electron chi connectivity index (χ0n) is 8.82. The van der Waals surface area contributed by atoms with E-state index in [0.717, 1.165) is 0 Å². The molecule has 0 aliphatic heterocycles. The second kappa shape index (κ2) is 5.56. The van der Waals surface area contributed by atoms with Gasteiger partial charge in [-0.25, -0.2) is 4.79 Å². The standard InChI is InChI=1S/C12H11NO3/c1-16-12(15)10-8-9(4-2-3-7-14)5-6-11(10)13/h5-8H,3,13H2,1H3. The van der Waals surface area contributed by atoms with E-state index in [-0.39, 0.29) is 12.0 Å². The van der Waals surface area contributed by atoms with Crippen molar-refractivity contribution in [2.45, 2.75) is 6.42 Å². The summed E-state index contributed by atoms with van der Waals surface area (Å²) in [6.45, 7) is 0. The highest BCUT2D eigenvalue weighted by atomic mass is 16.5. The SMILES string of the molecule is COC(=O)c1cc(C#CCC=O)ccc1N. The van der Waals surface area contributed by atoms with Crippen molar-refractivity contribution >= 4 is 17.9 Å². The Morgan fingerprint density at radius 3 is 2.94 bits per heavy atom. The van der Waals surface area contributed by atoms with Gasteiger partial charge in [0.25, 0.3) is 0 Å². The fraction of sp³-hybridized carbons (Fsp3) is 0.167. The van der Waals surface area contributed by atoms with E-state index >= 15 is 0 Å². The summed E-state index contributed by atoms with van der Waals surface area (Å²) in [6, 6.07) is 4.80. The molecule has 0 saturated heterocycles. The molecule has 0 heterocycles. The van der Waals surface area contributed by atoms with Crippen molar-refractivity contribution in [2.75, 3.05) is 12.8 Å². The molecule has 1 rings (SSSR count).